The van der Waals surface area contributed by atoms with Crippen LogP contribution in [0.15, 0.2) is 0 Å². The van der Waals surface area contributed by atoms with Crippen molar-refractivity contribution in [3.63, 3.8) is 0 Å². The van der Waals surface area contributed by atoms with Crippen LogP contribution in [0.25, 0.3) is 0 Å². The Morgan fingerprint density at radius 3 is 2.40 bits per heavy atom. The Morgan fingerprint density at radius 2 is 2.10 bits per heavy atom. The van der Waals surface area contributed by atoms with E-state index in [2.05, 4.69) is 47.8 Å². The van der Waals surface area contributed by atoms with Crippen molar-refractivity contribution in [2.75, 3.05) is 0 Å². The van der Waals surface area contributed by atoms with E-state index < -0.39 is 0 Å². The zero-order chi connectivity index (χ0) is 7.52. The van der Waals surface area contributed by atoms with Crippen LogP contribution in [0.3, 0.4) is 0 Å². The third kappa shape index (κ3) is 0.815. The van der Waals surface area contributed by atoms with E-state index in [-0.39, 0.29) is 14.0 Å². The standard InChI is InChI=1S/C6H5Br3O/c7-3-1-2-4(5(3)10)6(2,8)9/h2-4H,1H2/t2-,3-,4-/m1/s1. The highest BCUT2D eigenvalue weighted by Gasteiger charge is 2.70. The molecule has 0 aromatic heterocycles. The molecule has 2 rings (SSSR count). The molecule has 0 spiro atoms. The van der Waals surface area contributed by atoms with Gasteiger partial charge in [0.05, 0.1) is 8.06 Å². The molecule has 0 radical (unpaired) electrons. The first-order chi connectivity index (χ1) is 4.55. The van der Waals surface area contributed by atoms with Crippen molar-refractivity contribution in [2.45, 2.75) is 14.5 Å². The highest BCUT2D eigenvalue weighted by molar-refractivity contribution is 9.25. The van der Waals surface area contributed by atoms with Gasteiger partial charge < -0.3 is 0 Å². The van der Waals surface area contributed by atoms with Crippen molar-refractivity contribution in [3.8, 4) is 0 Å². The lowest BCUT2D eigenvalue weighted by atomic mass is 10.2. The average molecular weight is 333 g/mol. The van der Waals surface area contributed by atoms with Gasteiger partial charge in [-0.3, -0.25) is 4.79 Å². The highest BCUT2D eigenvalue weighted by atomic mass is 79.9. The fraction of sp³-hybridized carbons (Fsp3) is 0.833. The third-order valence-corrected chi connectivity index (χ3v) is 5.27. The summed E-state index contributed by atoms with van der Waals surface area (Å²) in [7, 11) is 0. The molecule has 2 aliphatic rings. The number of hydrogen-bond donors (Lipinski definition) is 0. The van der Waals surface area contributed by atoms with E-state index in [0.717, 1.165) is 6.42 Å². The summed E-state index contributed by atoms with van der Waals surface area (Å²) in [6, 6.07) is 0. The lowest BCUT2D eigenvalue weighted by Crippen LogP contribution is -2.15. The number of ketones is 1. The first-order valence-electron chi connectivity index (χ1n) is 3.10. The van der Waals surface area contributed by atoms with Gasteiger partial charge in [-0.25, -0.2) is 0 Å². The molecule has 1 nitrogen and oxygen atoms in total. The van der Waals surface area contributed by atoms with Gasteiger partial charge in [0.2, 0.25) is 0 Å². The molecule has 0 aromatic carbocycles. The van der Waals surface area contributed by atoms with E-state index in [1.54, 1.807) is 0 Å². The molecule has 3 atom stereocenters. The van der Waals surface area contributed by atoms with E-state index in [9.17, 15) is 4.79 Å². The van der Waals surface area contributed by atoms with E-state index >= 15 is 0 Å². The lowest BCUT2D eigenvalue weighted by molar-refractivity contribution is -0.118. The first-order valence-corrected chi connectivity index (χ1v) is 5.61. The Hall–Kier alpha value is 1.11. The second kappa shape index (κ2) is 2.07. The number of fused-ring (bicyclic) bond motifs is 1. The molecule has 0 amide bonds. The van der Waals surface area contributed by atoms with Crippen LogP contribution in [0.4, 0.5) is 0 Å². The zero-order valence-electron chi connectivity index (χ0n) is 4.98. The number of carbonyl (C=O) groups is 1. The zero-order valence-corrected chi connectivity index (χ0v) is 9.74. The van der Waals surface area contributed by atoms with Crippen LogP contribution in [-0.4, -0.2) is 13.8 Å². The number of carbonyl (C=O) groups excluding carboxylic acids is 1. The molecular formula is C6H5Br3O. The molecule has 0 unspecified atom stereocenters. The van der Waals surface area contributed by atoms with Gasteiger partial charge in [-0.1, -0.05) is 47.8 Å². The summed E-state index contributed by atoms with van der Waals surface area (Å²) < 4.78 is -0.0403. The molecule has 2 fully saturated rings. The molecule has 0 N–H and O–H groups in total. The van der Waals surface area contributed by atoms with E-state index in [1.165, 1.54) is 0 Å². The van der Waals surface area contributed by atoms with Crippen LogP contribution in [0.5, 0.6) is 0 Å². The highest BCUT2D eigenvalue weighted by Crippen LogP contribution is 2.68. The third-order valence-electron chi connectivity index (χ3n) is 2.28. The molecule has 2 aliphatic carbocycles. The Bertz CT molecular complexity index is 201. The normalized spacial score (nSPS) is 49.1. The minimum absolute atomic E-state index is 0.0403. The van der Waals surface area contributed by atoms with Crippen molar-refractivity contribution in [2.24, 2.45) is 11.8 Å². The van der Waals surface area contributed by atoms with Gasteiger partial charge in [-0.05, 0) is 12.3 Å². The van der Waals surface area contributed by atoms with Crippen LogP contribution < -0.4 is 0 Å². The fourth-order valence-electron chi connectivity index (χ4n) is 1.61. The van der Waals surface area contributed by atoms with Gasteiger partial charge >= 0.3 is 0 Å². The number of Topliss-reactive ketones (excluding diaryl/α,β-unsaturated/α-hetero) is 1. The number of hydrogen-bond acceptors (Lipinski definition) is 1. The number of alkyl halides is 3. The lowest BCUT2D eigenvalue weighted by Gasteiger charge is -2.06. The van der Waals surface area contributed by atoms with Crippen molar-refractivity contribution in [3.05, 3.63) is 0 Å². The van der Waals surface area contributed by atoms with Crippen molar-refractivity contribution < 1.29 is 4.79 Å². The summed E-state index contributed by atoms with van der Waals surface area (Å²) in [5, 5.41) is 0. The molecule has 0 bridgehead atoms. The number of halogens is 3. The van der Waals surface area contributed by atoms with Gasteiger partial charge in [-0.2, -0.15) is 0 Å². The van der Waals surface area contributed by atoms with Crippen molar-refractivity contribution in [1.29, 1.82) is 0 Å². The van der Waals surface area contributed by atoms with Gasteiger partial charge in [0.15, 0.2) is 5.78 Å². The maximum atomic E-state index is 11.3. The Morgan fingerprint density at radius 1 is 1.50 bits per heavy atom. The van der Waals surface area contributed by atoms with Crippen molar-refractivity contribution >= 4 is 53.6 Å². The van der Waals surface area contributed by atoms with Crippen LogP contribution >= 0.6 is 47.8 Å². The maximum Gasteiger partial charge on any atom is 0.152 e. The molecule has 0 heterocycles. The fourth-order valence-corrected chi connectivity index (χ4v) is 4.02. The molecule has 0 aliphatic heterocycles. The van der Waals surface area contributed by atoms with Crippen LogP contribution in [-0.2, 0) is 4.79 Å². The predicted octanol–water partition coefficient (Wildman–Crippen LogP) is 2.45. The molecule has 10 heavy (non-hydrogen) atoms. The quantitative estimate of drug-likeness (QED) is 0.623. The summed E-state index contributed by atoms with van der Waals surface area (Å²) in [5.74, 6) is 1.08. The van der Waals surface area contributed by atoms with Gasteiger partial charge in [-0.15, -0.1) is 0 Å². The SMILES string of the molecule is O=C1[C@H](Br)C[C@@H]2[C@H]1C2(Br)Br. The molecule has 4 heteroatoms. The summed E-state index contributed by atoms with van der Waals surface area (Å²) >= 11 is 10.3. The molecule has 0 aromatic rings. The van der Waals surface area contributed by atoms with Gasteiger partial charge in [0.1, 0.15) is 0 Å². The molecular weight excluding hydrogens is 328 g/mol. The smallest absolute Gasteiger partial charge is 0.152 e. The maximum absolute atomic E-state index is 11.3. The minimum Gasteiger partial charge on any atom is -0.298 e. The largest absolute Gasteiger partial charge is 0.298 e. The Balaban J connectivity index is 2.21. The van der Waals surface area contributed by atoms with E-state index in [0.29, 0.717) is 11.7 Å². The first kappa shape index (κ1) is 7.74. The van der Waals surface area contributed by atoms with Gasteiger partial charge in [0, 0.05) is 5.92 Å². The summed E-state index contributed by atoms with van der Waals surface area (Å²) in [5.41, 5.74) is 0. The molecule has 0 saturated heterocycles. The van der Waals surface area contributed by atoms with Crippen molar-refractivity contribution in [1.82, 2.24) is 0 Å². The predicted molar refractivity (Wildman–Crippen MR) is 49.9 cm³/mol. The Kier molecular flexibility index (Phi) is 1.61. The second-order valence-electron chi connectivity index (χ2n) is 2.86. The minimum atomic E-state index is -0.0403. The second-order valence-corrected chi connectivity index (χ2v) is 7.66. The summed E-state index contributed by atoms with van der Waals surface area (Å²) in [6.07, 6.45) is 0.972. The topological polar surface area (TPSA) is 17.1 Å². The number of rotatable bonds is 0. The van der Waals surface area contributed by atoms with Crippen LogP contribution in [0.1, 0.15) is 6.42 Å². The summed E-state index contributed by atoms with van der Waals surface area (Å²) in [4.78, 5) is 11.4. The molecule has 56 valence electrons. The summed E-state index contributed by atoms with van der Waals surface area (Å²) in [6.45, 7) is 0. The Labute approximate surface area is 84.3 Å². The van der Waals surface area contributed by atoms with E-state index in [4.69, 9.17) is 0 Å². The van der Waals surface area contributed by atoms with Crippen LogP contribution in [0, 0.1) is 11.8 Å². The molecule has 2 saturated carbocycles. The van der Waals surface area contributed by atoms with E-state index in [1.807, 2.05) is 0 Å². The average Bonchev–Trinajstić information content (AvgIpc) is 2.12. The van der Waals surface area contributed by atoms with Gasteiger partial charge in [0.25, 0.3) is 0 Å². The van der Waals surface area contributed by atoms with Crippen LogP contribution in [0.2, 0.25) is 0 Å². The monoisotopic (exact) mass is 330 g/mol.